The molecule has 1 aromatic carbocycles. The summed E-state index contributed by atoms with van der Waals surface area (Å²) in [6.07, 6.45) is 3.09. The number of nitrogens with zero attached hydrogens (tertiary/aromatic N) is 2. The van der Waals surface area contributed by atoms with Gasteiger partial charge in [0.15, 0.2) is 0 Å². The summed E-state index contributed by atoms with van der Waals surface area (Å²) in [6.45, 7) is 0. The number of pyridine rings is 1. The maximum Gasteiger partial charge on any atom is 0.261 e. The highest BCUT2D eigenvalue weighted by molar-refractivity contribution is 6.07. The fourth-order valence-corrected chi connectivity index (χ4v) is 1.53. The molecule has 0 saturated carbocycles. The van der Waals surface area contributed by atoms with Crippen LogP contribution in [0.3, 0.4) is 0 Å². The number of benzene rings is 1. The summed E-state index contributed by atoms with van der Waals surface area (Å²) < 4.78 is 13.1. The second kappa shape index (κ2) is 4.83. The van der Waals surface area contributed by atoms with E-state index >= 15 is 0 Å². The van der Waals surface area contributed by atoms with Gasteiger partial charge in [-0.05, 0) is 30.3 Å². The van der Waals surface area contributed by atoms with Crippen LogP contribution in [-0.4, -0.2) is 23.0 Å². The van der Waals surface area contributed by atoms with Gasteiger partial charge in [0.1, 0.15) is 11.6 Å². The normalized spacial score (nSPS) is 10.1. The molecular weight excluding hydrogens is 235 g/mol. The Labute approximate surface area is 103 Å². The molecule has 0 bridgehead atoms. The van der Waals surface area contributed by atoms with Crippen LogP contribution in [-0.2, 0) is 0 Å². The average Bonchev–Trinajstić information content (AvgIpc) is 2.41. The van der Waals surface area contributed by atoms with Gasteiger partial charge in [0, 0.05) is 13.2 Å². The van der Waals surface area contributed by atoms with E-state index in [1.807, 2.05) is 0 Å². The molecule has 2 aromatic rings. The molecule has 1 N–H and O–H groups in total. The lowest BCUT2D eigenvalue weighted by Crippen LogP contribution is -2.26. The van der Waals surface area contributed by atoms with Crippen molar-refractivity contribution < 1.29 is 14.3 Å². The zero-order valence-electron chi connectivity index (χ0n) is 9.67. The van der Waals surface area contributed by atoms with Gasteiger partial charge in [0.2, 0.25) is 0 Å². The Morgan fingerprint density at radius 1 is 1.39 bits per heavy atom. The van der Waals surface area contributed by atoms with E-state index in [0.717, 1.165) is 18.2 Å². The number of carbonyl (C=O) groups excluding carboxylic acids is 1. The van der Waals surface area contributed by atoms with Gasteiger partial charge < -0.3 is 10.0 Å². The van der Waals surface area contributed by atoms with Crippen molar-refractivity contribution in [2.24, 2.45) is 0 Å². The van der Waals surface area contributed by atoms with Crippen LogP contribution < -0.4 is 4.90 Å². The largest absolute Gasteiger partial charge is 0.507 e. The summed E-state index contributed by atoms with van der Waals surface area (Å²) in [4.78, 5) is 17.3. The van der Waals surface area contributed by atoms with Crippen LogP contribution in [0.2, 0.25) is 0 Å². The Kier molecular flexibility index (Phi) is 3.23. The second-order valence-electron chi connectivity index (χ2n) is 3.74. The molecule has 4 nitrogen and oxygen atoms in total. The molecule has 1 heterocycles. The Hall–Kier alpha value is -2.43. The lowest BCUT2D eigenvalue weighted by atomic mass is 10.1. The number of amides is 1. The SMILES string of the molecule is CN(C(=O)c1cc(F)ccc1O)c1cccnc1. The van der Waals surface area contributed by atoms with Crippen LogP contribution in [0.5, 0.6) is 5.75 Å². The minimum absolute atomic E-state index is 0.0821. The quantitative estimate of drug-likeness (QED) is 0.883. The number of hydrogen-bond acceptors (Lipinski definition) is 3. The predicted molar refractivity (Wildman–Crippen MR) is 65.0 cm³/mol. The molecule has 0 saturated heterocycles. The molecule has 0 spiro atoms. The average molecular weight is 246 g/mol. The second-order valence-corrected chi connectivity index (χ2v) is 3.74. The minimum Gasteiger partial charge on any atom is -0.507 e. The third-order valence-corrected chi connectivity index (χ3v) is 2.53. The van der Waals surface area contributed by atoms with E-state index in [0.29, 0.717) is 5.69 Å². The first-order chi connectivity index (χ1) is 8.59. The highest BCUT2D eigenvalue weighted by Crippen LogP contribution is 2.21. The van der Waals surface area contributed by atoms with Gasteiger partial charge in [-0.3, -0.25) is 9.78 Å². The monoisotopic (exact) mass is 246 g/mol. The van der Waals surface area contributed by atoms with Gasteiger partial charge in [0.25, 0.3) is 5.91 Å². The molecule has 1 aromatic heterocycles. The number of rotatable bonds is 2. The number of hydrogen-bond donors (Lipinski definition) is 1. The van der Waals surface area contributed by atoms with Crippen molar-refractivity contribution in [1.82, 2.24) is 4.98 Å². The van der Waals surface area contributed by atoms with Gasteiger partial charge in [-0.15, -0.1) is 0 Å². The Balaban J connectivity index is 2.34. The summed E-state index contributed by atoms with van der Waals surface area (Å²) in [5.74, 6) is -1.33. The first kappa shape index (κ1) is 12.0. The Morgan fingerprint density at radius 3 is 2.83 bits per heavy atom. The minimum atomic E-state index is -0.573. The van der Waals surface area contributed by atoms with E-state index in [4.69, 9.17) is 0 Å². The van der Waals surface area contributed by atoms with E-state index in [9.17, 15) is 14.3 Å². The van der Waals surface area contributed by atoms with E-state index in [-0.39, 0.29) is 11.3 Å². The molecule has 1 amide bonds. The first-order valence-corrected chi connectivity index (χ1v) is 5.26. The summed E-state index contributed by atoms with van der Waals surface area (Å²) >= 11 is 0. The molecule has 0 fully saturated rings. The predicted octanol–water partition coefficient (Wildman–Crippen LogP) is 2.20. The zero-order chi connectivity index (χ0) is 13.1. The molecule has 2 rings (SSSR count). The molecule has 92 valence electrons. The topological polar surface area (TPSA) is 53.4 Å². The highest BCUT2D eigenvalue weighted by atomic mass is 19.1. The van der Waals surface area contributed by atoms with Crippen molar-refractivity contribution in [2.45, 2.75) is 0 Å². The van der Waals surface area contributed by atoms with Crippen LogP contribution in [0.4, 0.5) is 10.1 Å². The molecule has 0 aliphatic heterocycles. The first-order valence-electron chi connectivity index (χ1n) is 5.26. The molecule has 0 aliphatic carbocycles. The number of halogens is 1. The highest BCUT2D eigenvalue weighted by Gasteiger charge is 2.17. The smallest absolute Gasteiger partial charge is 0.261 e. The summed E-state index contributed by atoms with van der Waals surface area (Å²) in [7, 11) is 1.53. The number of phenols is 1. The molecule has 0 atom stereocenters. The van der Waals surface area contributed by atoms with Gasteiger partial charge in [0.05, 0.1) is 17.4 Å². The fourth-order valence-electron chi connectivity index (χ4n) is 1.53. The van der Waals surface area contributed by atoms with Crippen LogP contribution >= 0.6 is 0 Å². The van der Waals surface area contributed by atoms with Crippen molar-refractivity contribution in [1.29, 1.82) is 0 Å². The van der Waals surface area contributed by atoms with Crippen molar-refractivity contribution in [3.63, 3.8) is 0 Å². The number of aromatic hydroxyl groups is 1. The lowest BCUT2D eigenvalue weighted by Gasteiger charge is -2.17. The van der Waals surface area contributed by atoms with Crippen molar-refractivity contribution in [2.75, 3.05) is 11.9 Å². The van der Waals surface area contributed by atoms with Gasteiger partial charge in [-0.25, -0.2) is 4.39 Å². The molecule has 0 radical (unpaired) electrons. The number of phenolic OH excluding ortho intramolecular Hbond substituents is 1. The van der Waals surface area contributed by atoms with E-state index in [1.165, 1.54) is 18.1 Å². The molecular formula is C13H11FN2O2. The molecule has 18 heavy (non-hydrogen) atoms. The van der Waals surface area contributed by atoms with E-state index in [2.05, 4.69) is 4.98 Å². The Morgan fingerprint density at radius 2 is 2.17 bits per heavy atom. The van der Waals surface area contributed by atoms with E-state index in [1.54, 1.807) is 18.3 Å². The third-order valence-electron chi connectivity index (χ3n) is 2.53. The van der Waals surface area contributed by atoms with Crippen molar-refractivity contribution in [3.05, 3.63) is 54.1 Å². The summed E-state index contributed by atoms with van der Waals surface area (Å²) in [6, 6.07) is 6.63. The Bertz CT molecular complexity index is 572. The van der Waals surface area contributed by atoms with Crippen LogP contribution in [0, 0.1) is 5.82 Å². The standard InChI is InChI=1S/C13H11FN2O2/c1-16(10-3-2-6-15-8-10)13(18)11-7-9(14)4-5-12(11)17/h2-8,17H,1H3. The number of aromatic nitrogens is 1. The van der Waals surface area contributed by atoms with E-state index < -0.39 is 11.7 Å². The van der Waals surface area contributed by atoms with Crippen molar-refractivity contribution in [3.8, 4) is 5.75 Å². The van der Waals surface area contributed by atoms with Crippen LogP contribution in [0.25, 0.3) is 0 Å². The molecule has 5 heteroatoms. The summed E-state index contributed by atoms with van der Waals surface area (Å²) in [5.41, 5.74) is 0.479. The van der Waals surface area contributed by atoms with Crippen LogP contribution in [0.15, 0.2) is 42.7 Å². The maximum atomic E-state index is 13.1. The maximum absolute atomic E-state index is 13.1. The fraction of sp³-hybridized carbons (Fsp3) is 0.0769. The zero-order valence-corrected chi connectivity index (χ0v) is 9.67. The van der Waals surface area contributed by atoms with Crippen LogP contribution in [0.1, 0.15) is 10.4 Å². The van der Waals surface area contributed by atoms with Crippen molar-refractivity contribution >= 4 is 11.6 Å². The molecule has 0 unspecified atom stereocenters. The number of anilines is 1. The van der Waals surface area contributed by atoms with Gasteiger partial charge >= 0.3 is 0 Å². The molecule has 0 aliphatic rings. The van der Waals surface area contributed by atoms with Gasteiger partial charge in [-0.2, -0.15) is 0 Å². The summed E-state index contributed by atoms with van der Waals surface area (Å²) in [5, 5.41) is 9.57. The van der Waals surface area contributed by atoms with Gasteiger partial charge in [-0.1, -0.05) is 0 Å². The number of carbonyl (C=O) groups is 1. The third kappa shape index (κ3) is 2.29. The lowest BCUT2D eigenvalue weighted by molar-refractivity contribution is 0.0990.